The third-order valence-corrected chi connectivity index (χ3v) is 3.99. The molecule has 0 aromatic heterocycles. The van der Waals surface area contributed by atoms with Gasteiger partial charge in [-0.2, -0.15) is 0 Å². The SMILES string of the molecule is CC1CCC(Oc2ccc([C@H](C)O)cc2Cl)CC1. The van der Waals surface area contributed by atoms with Crippen molar-refractivity contribution in [2.75, 3.05) is 0 Å². The molecule has 1 atom stereocenters. The molecule has 0 heterocycles. The predicted octanol–water partition coefficient (Wildman–Crippen LogP) is 4.35. The average molecular weight is 269 g/mol. The number of halogens is 1. The molecule has 1 aliphatic carbocycles. The van der Waals surface area contributed by atoms with Crippen molar-refractivity contribution in [2.45, 2.75) is 51.7 Å². The van der Waals surface area contributed by atoms with Gasteiger partial charge < -0.3 is 9.84 Å². The summed E-state index contributed by atoms with van der Waals surface area (Å²) in [5.74, 6) is 1.55. The monoisotopic (exact) mass is 268 g/mol. The smallest absolute Gasteiger partial charge is 0.138 e. The molecule has 1 saturated carbocycles. The van der Waals surface area contributed by atoms with Gasteiger partial charge in [-0.3, -0.25) is 0 Å². The molecule has 2 nitrogen and oxygen atoms in total. The van der Waals surface area contributed by atoms with E-state index in [1.54, 1.807) is 13.0 Å². The summed E-state index contributed by atoms with van der Waals surface area (Å²) in [6.45, 7) is 4.02. The lowest BCUT2D eigenvalue weighted by atomic mass is 9.89. The Hall–Kier alpha value is -0.730. The first kappa shape index (κ1) is 13.7. The van der Waals surface area contributed by atoms with E-state index in [2.05, 4.69) is 6.92 Å². The molecular formula is C15H21ClO2. The molecule has 1 aromatic rings. The topological polar surface area (TPSA) is 29.5 Å². The fourth-order valence-electron chi connectivity index (χ4n) is 2.40. The van der Waals surface area contributed by atoms with Gasteiger partial charge in [-0.05, 0) is 56.2 Å². The Balaban J connectivity index is 2.01. The summed E-state index contributed by atoms with van der Waals surface area (Å²) in [7, 11) is 0. The molecule has 0 amide bonds. The molecule has 0 spiro atoms. The van der Waals surface area contributed by atoms with Gasteiger partial charge in [-0.1, -0.05) is 24.6 Å². The lowest BCUT2D eigenvalue weighted by Gasteiger charge is -2.27. The molecule has 1 N–H and O–H groups in total. The van der Waals surface area contributed by atoms with Crippen LogP contribution in [0.15, 0.2) is 18.2 Å². The maximum absolute atomic E-state index is 9.49. The molecule has 1 aliphatic rings. The van der Waals surface area contributed by atoms with Crippen LogP contribution in [0.2, 0.25) is 5.02 Å². The Morgan fingerprint density at radius 1 is 1.28 bits per heavy atom. The number of rotatable bonds is 3. The molecule has 2 rings (SSSR count). The quantitative estimate of drug-likeness (QED) is 0.883. The zero-order valence-corrected chi connectivity index (χ0v) is 11.8. The summed E-state index contributed by atoms with van der Waals surface area (Å²) in [6.07, 6.45) is 4.47. The second-order valence-corrected chi connectivity index (χ2v) is 5.77. The third-order valence-electron chi connectivity index (χ3n) is 3.69. The number of hydrogen-bond donors (Lipinski definition) is 1. The Labute approximate surface area is 114 Å². The zero-order valence-electron chi connectivity index (χ0n) is 11.0. The van der Waals surface area contributed by atoms with Gasteiger partial charge in [-0.15, -0.1) is 0 Å². The van der Waals surface area contributed by atoms with Crippen molar-refractivity contribution >= 4 is 11.6 Å². The van der Waals surface area contributed by atoms with E-state index >= 15 is 0 Å². The highest BCUT2D eigenvalue weighted by atomic mass is 35.5. The second-order valence-electron chi connectivity index (χ2n) is 5.37. The molecule has 0 unspecified atom stereocenters. The van der Waals surface area contributed by atoms with E-state index in [9.17, 15) is 5.11 Å². The van der Waals surface area contributed by atoms with Gasteiger partial charge in [0.25, 0.3) is 0 Å². The first-order valence-electron chi connectivity index (χ1n) is 6.70. The van der Waals surface area contributed by atoms with Gasteiger partial charge in [0.2, 0.25) is 0 Å². The molecule has 1 aromatic carbocycles. The average Bonchev–Trinajstić information content (AvgIpc) is 2.34. The van der Waals surface area contributed by atoms with Crippen LogP contribution in [0.1, 0.15) is 51.2 Å². The number of benzene rings is 1. The highest BCUT2D eigenvalue weighted by molar-refractivity contribution is 6.32. The van der Waals surface area contributed by atoms with Crippen LogP contribution in [0.4, 0.5) is 0 Å². The van der Waals surface area contributed by atoms with Crippen LogP contribution < -0.4 is 4.74 Å². The van der Waals surface area contributed by atoms with E-state index in [-0.39, 0.29) is 6.10 Å². The largest absolute Gasteiger partial charge is 0.489 e. The molecule has 3 heteroatoms. The van der Waals surface area contributed by atoms with Crippen molar-refractivity contribution < 1.29 is 9.84 Å². The summed E-state index contributed by atoms with van der Waals surface area (Å²) >= 11 is 6.19. The number of aliphatic hydroxyl groups excluding tert-OH is 1. The van der Waals surface area contributed by atoms with E-state index in [0.717, 1.165) is 30.1 Å². The maximum Gasteiger partial charge on any atom is 0.138 e. The minimum atomic E-state index is -0.493. The Morgan fingerprint density at radius 3 is 2.50 bits per heavy atom. The van der Waals surface area contributed by atoms with Crippen molar-refractivity contribution in [3.8, 4) is 5.75 Å². The van der Waals surface area contributed by atoms with Crippen LogP contribution in [-0.4, -0.2) is 11.2 Å². The predicted molar refractivity (Wildman–Crippen MR) is 74.1 cm³/mol. The minimum Gasteiger partial charge on any atom is -0.489 e. The van der Waals surface area contributed by atoms with Crippen molar-refractivity contribution in [3.05, 3.63) is 28.8 Å². The zero-order chi connectivity index (χ0) is 13.1. The number of hydrogen-bond acceptors (Lipinski definition) is 2. The Morgan fingerprint density at radius 2 is 1.94 bits per heavy atom. The highest BCUT2D eigenvalue weighted by Crippen LogP contribution is 2.32. The van der Waals surface area contributed by atoms with E-state index in [0.29, 0.717) is 5.02 Å². The van der Waals surface area contributed by atoms with Gasteiger partial charge in [0.1, 0.15) is 5.75 Å². The van der Waals surface area contributed by atoms with Crippen molar-refractivity contribution in [3.63, 3.8) is 0 Å². The molecular weight excluding hydrogens is 248 g/mol. The van der Waals surface area contributed by atoms with Gasteiger partial charge in [0.05, 0.1) is 17.2 Å². The van der Waals surface area contributed by atoms with Gasteiger partial charge in [-0.25, -0.2) is 0 Å². The van der Waals surface area contributed by atoms with E-state index < -0.39 is 6.10 Å². The number of aliphatic hydroxyl groups is 1. The molecule has 18 heavy (non-hydrogen) atoms. The van der Waals surface area contributed by atoms with Crippen LogP contribution in [0, 0.1) is 5.92 Å². The van der Waals surface area contributed by atoms with E-state index in [1.807, 2.05) is 12.1 Å². The van der Waals surface area contributed by atoms with E-state index in [1.165, 1.54) is 12.8 Å². The third kappa shape index (κ3) is 3.39. The summed E-state index contributed by atoms with van der Waals surface area (Å²) in [4.78, 5) is 0. The fourth-order valence-corrected chi connectivity index (χ4v) is 2.63. The van der Waals surface area contributed by atoms with Gasteiger partial charge >= 0.3 is 0 Å². The minimum absolute atomic E-state index is 0.288. The molecule has 0 bridgehead atoms. The highest BCUT2D eigenvalue weighted by Gasteiger charge is 2.20. The van der Waals surface area contributed by atoms with Gasteiger partial charge in [0.15, 0.2) is 0 Å². The second kappa shape index (κ2) is 5.94. The van der Waals surface area contributed by atoms with Crippen molar-refractivity contribution in [1.82, 2.24) is 0 Å². The lowest BCUT2D eigenvalue weighted by molar-refractivity contribution is 0.135. The van der Waals surface area contributed by atoms with Gasteiger partial charge in [0, 0.05) is 0 Å². The lowest BCUT2D eigenvalue weighted by Crippen LogP contribution is -2.23. The van der Waals surface area contributed by atoms with Crippen LogP contribution in [0.25, 0.3) is 0 Å². The Kier molecular flexibility index (Phi) is 4.52. The maximum atomic E-state index is 9.49. The number of ether oxygens (including phenoxy) is 1. The summed E-state index contributed by atoms with van der Waals surface area (Å²) in [5, 5.41) is 10.1. The van der Waals surface area contributed by atoms with Crippen molar-refractivity contribution in [2.24, 2.45) is 5.92 Å². The Bertz CT molecular complexity index is 395. The van der Waals surface area contributed by atoms with E-state index in [4.69, 9.17) is 16.3 Å². The van der Waals surface area contributed by atoms with Crippen LogP contribution >= 0.6 is 11.6 Å². The summed E-state index contributed by atoms with van der Waals surface area (Å²) < 4.78 is 5.96. The van der Waals surface area contributed by atoms with Crippen LogP contribution in [0.5, 0.6) is 5.75 Å². The molecule has 0 saturated heterocycles. The summed E-state index contributed by atoms with van der Waals surface area (Å²) in [5.41, 5.74) is 0.824. The standard InChI is InChI=1S/C15H21ClO2/c1-10-3-6-13(7-4-10)18-15-8-5-12(11(2)17)9-14(15)16/h5,8-11,13,17H,3-4,6-7H2,1-2H3/t10?,11-,13?/m0/s1. The normalized spacial score (nSPS) is 25.8. The first-order valence-corrected chi connectivity index (χ1v) is 7.08. The van der Waals surface area contributed by atoms with Crippen LogP contribution in [0.3, 0.4) is 0 Å². The molecule has 100 valence electrons. The molecule has 0 radical (unpaired) electrons. The van der Waals surface area contributed by atoms with Crippen LogP contribution in [-0.2, 0) is 0 Å². The summed E-state index contributed by atoms with van der Waals surface area (Å²) in [6, 6.07) is 5.52. The fraction of sp³-hybridized carbons (Fsp3) is 0.600. The molecule has 0 aliphatic heterocycles. The first-order chi connectivity index (χ1) is 8.56. The molecule has 1 fully saturated rings. The van der Waals surface area contributed by atoms with Crippen molar-refractivity contribution in [1.29, 1.82) is 0 Å².